The molecule has 2 saturated carbocycles. The number of ketones is 2. The lowest BCUT2D eigenvalue weighted by Gasteiger charge is -2.15. The average Bonchev–Trinajstić information content (AvgIpc) is 3.58. The number of carbonyl (C=O) groups is 2. The van der Waals surface area contributed by atoms with Crippen LogP contribution in [-0.4, -0.2) is 32.9 Å². The van der Waals surface area contributed by atoms with Gasteiger partial charge in [0.05, 0.1) is 21.3 Å². The summed E-state index contributed by atoms with van der Waals surface area (Å²) in [7, 11) is 4.82. The molecule has 2 aliphatic rings. The van der Waals surface area contributed by atoms with E-state index in [-0.39, 0.29) is 23.0 Å². The highest BCUT2D eigenvalue weighted by atomic mass is 16.5. The minimum absolute atomic E-state index is 0.0195. The Hall–Kier alpha value is -3.34. The van der Waals surface area contributed by atoms with Crippen molar-refractivity contribution in [1.82, 2.24) is 0 Å². The van der Waals surface area contributed by atoms with Gasteiger partial charge in [0.1, 0.15) is 11.6 Å². The fourth-order valence-corrected chi connectivity index (χ4v) is 6.11. The first-order valence-corrected chi connectivity index (χ1v) is 12.8. The van der Waals surface area contributed by atoms with Crippen LogP contribution >= 0.6 is 0 Å². The number of hydrogen-bond donors (Lipinski definition) is 0. The molecule has 5 heteroatoms. The topological polar surface area (TPSA) is 61.8 Å². The largest absolute Gasteiger partial charge is 0.493 e. The maximum Gasteiger partial charge on any atom is 0.203 e. The van der Waals surface area contributed by atoms with Gasteiger partial charge < -0.3 is 14.2 Å². The van der Waals surface area contributed by atoms with Crippen molar-refractivity contribution in [3.8, 4) is 28.4 Å². The molecule has 36 heavy (non-hydrogen) atoms. The molecular weight excluding hydrogens is 452 g/mol. The summed E-state index contributed by atoms with van der Waals surface area (Å²) in [6.07, 6.45) is 4.87. The number of carbonyl (C=O) groups excluding carboxylic acids is 2. The standard InChI is InChI=1S/C31H34O5/c1-5-26(32)25-15-24(18-31(25)10-11-31)27(33)13-19-6-7-21-14-22(9-8-20(21)12-19)23-16-28(34-2)30(36-4)29(17-23)35-3/h6-9,12,14,16-17,24-25H,5,10-11,13,15,18H2,1-4H3. The molecular formula is C31H34O5. The van der Waals surface area contributed by atoms with Crippen LogP contribution in [-0.2, 0) is 16.0 Å². The van der Waals surface area contributed by atoms with Crippen molar-refractivity contribution in [1.29, 1.82) is 0 Å². The Morgan fingerprint density at radius 2 is 1.50 bits per heavy atom. The van der Waals surface area contributed by atoms with Crippen molar-refractivity contribution < 1.29 is 23.8 Å². The Bertz CT molecular complexity index is 1290. The van der Waals surface area contributed by atoms with Gasteiger partial charge in [0.2, 0.25) is 5.75 Å². The van der Waals surface area contributed by atoms with Crippen LogP contribution < -0.4 is 14.2 Å². The van der Waals surface area contributed by atoms with E-state index in [0.717, 1.165) is 53.1 Å². The summed E-state index contributed by atoms with van der Waals surface area (Å²) in [5, 5.41) is 2.20. The molecule has 0 heterocycles. The van der Waals surface area contributed by atoms with Crippen molar-refractivity contribution in [3.05, 3.63) is 54.1 Å². The first-order valence-electron chi connectivity index (χ1n) is 12.8. The minimum Gasteiger partial charge on any atom is -0.493 e. The summed E-state index contributed by atoms with van der Waals surface area (Å²) in [6, 6.07) is 16.4. The van der Waals surface area contributed by atoms with E-state index in [0.29, 0.717) is 35.9 Å². The number of hydrogen-bond acceptors (Lipinski definition) is 5. The zero-order valence-corrected chi connectivity index (χ0v) is 21.6. The van der Waals surface area contributed by atoms with Crippen LogP contribution in [0.15, 0.2) is 48.5 Å². The third kappa shape index (κ3) is 4.36. The third-order valence-corrected chi connectivity index (χ3v) is 8.28. The Balaban J connectivity index is 1.35. The summed E-state index contributed by atoms with van der Waals surface area (Å²) < 4.78 is 16.5. The second kappa shape index (κ2) is 9.61. The van der Waals surface area contributed by atoms with Gasteiger partial charge in [-0.15, -0.1) is 0 Å². The highest BCUT2D eigenvalue weighted by Gasteiger charge is 2.58. The molecule has 0 aromatic heterocycles. The number of rotatable bonds is 9. The minimum atomic E-state index is 0.0195. The molecule has 3 aromatic carbocycles. The predicted molar refractivity (Wildman–Crippen MR) is 141 cm³/mol. The van der Waals surface area contributed by atoms with Crippen molar-refractivity contribution >= 4 is 22.3 Å². The van der Waals surface area contributed by atoms with E-state index in [1.54, 1.807) is 21.3 Å². The van der Waals surface area contributed by atoms with Crippen LogP contribution in [0.1, 0.15) is 44.6 Å². The second-order valence-electron chi connectivity index (χ2n) is 10.3. The van der Waals surface area contributed by atoms with Crippen LogP contribution in [0.5, 0.6) is 17.2 Å². The number of methoxy groups -OCH3 is 3. The number of ether oxygens (including phenoxy) is 3. The molecule has 2 aliphatic carbocycles. The van der Waals surface area contributed by atoms with Crippen LogP contribution in [0.2, 0.25) is 0 Å². The van der Waals surface area contributed by atoms with E-state index in [1.165, 1.54) is 0 Å². The molecule has 0 radical (unpaired) electrons. The van der Waals surface area contributed by atoms with Crippen LogP contribution in [0.25, 0.3) is 21.9 Å². The number of fused-ring (bicyclic) bond motifs is 1. The second-order valence-corrected chi connectivity index (χ2v) is 10.3. The molecule has 5 rings (SSSR count). The highest BCUT2D eigenvalue weighted by molar-refractivity contribution is 5.91. The van der Waals surface area contributed by atoms with Crippen LogP contribution in [0.4, 0.5) is 0 Å². The lowest BCUT2D eigenvalue weighted by Crippen LogP contribution is -2.19. The van der Waals surface area contributed by atoms with E-state index in [2.05, 4.69) is 36.4 Å². The van der Waals surface area contributed by atoms with E-state index in [1.807, 2.05) is 19.1 Å². The monoisotopic (exact) mass is 486 g/mol. The van der Waals surface area contributed by atoms with Gasteiger partial charge in [-0.3, -0.25) is 9.59 Å². The molecule has 0 bridgehead atoms. The van der Waals surface area contributed by atoms with Crippen molar-refractivity contribution in [2.45, 2.75) is 45.4 Å². The van der Waals surface area contributed by atoms with Crippen molar-refractivity contribution in [2.75, 3.05) is 21.3 Å². The fourth-order valence-electron chi connectivity index (χ4n) is 6.11. The molecule has 188 valence electrons. The quantitative estimate of drug-likeness (QED) is 0.349. The normalized spacial score (nSPS) is 19.9. The van der Waals surface area contributed by atoms with E-state index in [4.69, 9.17) is 14.2 Å². The zero-order valence-electron chi connectivity index (χ0n) is 21.6. The maximum absolute atomic E-state index is 13.2. The van der Waals surface area contributed by atoms with E-state index < -0.39 is 0 Å². The predicted octanol–water partition coefficient (Wildman–Crippen LogP) is 6.43. The molecule has 0 aliphatic heterocycles. The summed E-state index contributed by atoms with van der Waals surface area (Å²) in [5.41, 5.74) is 3.18. The van der Waals surface area contributed by atoms with Gasteiger partial charge in [-0.2, -0.15) is 0 Å². The molecule has 0 N–H and O–H groups in total. The van der Waals surface area contributed by atoms with Crippen molar-refractivity contribution in [3.63, 3.8) is 0 Å². The van der Waals surface area contributed by atoms with E-state index in [9.17, 15) is 9.59 Å². The van der Waals surface area contributed by atoms with Gasteiger partial charge in [0, 0.05) is 24.7 Å². The SMILES string of the molecule is CCC(=O)C1CC(C(=O)Cc2ccc3cc(-c4cc(OC)c(OC)c(OC)c4)ccc3c2)CC12CC2. The van der Waals surface area contributed by atoms with Gasteiger partial charge in [-0.1, -0.05) is 37.3 Å². The van der Waals surface area contributed by atoms with Gasteiger partial charge in [-0.25, -0.2) is 0 Å². The number of Topliss-reactive ketones (excluding diaryl/α,β-unsaturated/α-hetero) is 2. The molecule has 5 nitrogen and oxygen atoms in total. The molecule has 0 amide bonds. The molecule has 0 saturated heterocycles. The fraction of sp³-hybridized carbons (Fsp3) is 0.419. The Kier molecular flexibility index (Phi) is 6.50. The molecule has 2 unspecified atom stereocenters. The van der Waals surface area contributed by atoms with Crippen LogP contribution in [0.3, 0.4) is 0 Å². The summed E-state index contributed by atoms with van der Waals surface area (Å²) in [4.78, 5) is 25.6. The highest BCUT2D eigenvalue weighted by Crippen LogP contribution is 2.63. The Morgan fingerprint density at radius 1 is 0.833 bits per heavy atom. The lowest BCUT2D eigenvalue weighted by atomic mass is 9.88. The molecule has 3 aromatic rings. The van der Waals surface area contributed by atoms with E-state index >= 15 is 0 Å². The first-order chi connectivity index (χ1) is 17.4. The maximum atomic E-state index is 13.2. The number of benzene rings is 3. The average molecular weight is 487 g/mol. The summed E-state index contributed by atoms with van der Waals surface area (Å²) >= 11 is 0. The molecule has 1 spiro atoms. The first kappa shape index (κ1) is 24.4. The Labute approximate surface area is 212 Å². The van der Waals surface area contributed by atoms with Crippen LogP contribution in [0, 0.1) is 17.3 Å². The summed E-state index contributed by atoms with van der Waals surface area (Å²) in [5.74, 6) is 2.54. The third-order valence-electron chi connectivity index (χ3n) is 8.28. The smallest absolute Gasteiger partial charge is 0.203 e. The Morgan fingerprint density at radius 3 is 2.11 bits per heavy atom. The molecule has 2 fully saturated rings. The van der Waals surface area contributed by atoms with Gasteiger partial charge in [0.15, 0.2) is 11.5 Å². The van der Waals surface area contributed by atoms with Gasteiger partial charge in [0.25, 0.3) is 0 Å². The van der Waals surface area contributed by atoms with Gasteiger partial charge in [-0.05, 0) is 76.8 Å². The van der Waals surface area contributed by atoms with Gasteiger partial charge >= 0.3 is 0 Å². The van der Waals surface area contributed by atoms with Crippen molar-refractivity contribution in [2.24, 2.45) is 17.3 Å². The zero-order chi connectivity index (χ0) is 25.4. The lowest BCUT2D eigenvalue weighted by molar-refractivity contribution is -0.124. The molecule has 2 atom stereocenters. The summed E-state index contributed by atoms with van der Waals surface area (Å²) in [6.45, 7) is 1.94.